The molecule has 0 fully saturated rings. The highest BCUT2D eigenvalue weighted by Gasteiger charge is 2.21. The molecule has 2 rings (SSSR count). The number of aliphatic imine (C=N–C) groups is 1. The highest BCUT2D eigenvalue weighted by molar-refractivity contribution is 14.0. The van der Waals surface area contributed by atoms with Crippen LogP contribution in [0.25, 0.3) is 0 Å². The standard InChI is InChI=1S/C20H27FN4OS.HI/c1-20(2,17-8-5-11-27-17)14-25-19(22-3)24-10-9-23-18(26)13-15-6-4-7-16(21)12-15;/h4-8,11-12H,9-10,13-14H2,1-3H3,(H,23,26)(H2,22,24,25);1H. The van der Waals surface area contributed by atoms with E-state index in [2.05, 4.69) is 52.3 Å². The largest absolute Gasteiger partial charge is 0.356 e. The molecular weight excluding hydrogens is 490 g/mol. The van der Waals surface area contributed by atoms with Crippen LogP contribution in [-0.4, -0.2) is 38.5 Å². The molecule has 154 valence electrons. The SMILES string of the molecule is CN=C(NCCNC(=O)Cc1cccc(F)c1)NCC(C)(C)c1cccs1.I. The first-order chi connectivity index (χ1) is 12.9. The van der Waals surface area contributed by atoms with Gasteiger partial charge in [0.1, 0.15) is 5.82 Å². The fourth-order valence-electron chi connectivity index (χ4n) is 2.55. The van der Waals surface area contributed by atoms with Gasteiger partial charge in [-0.1, -0.05) is 32.0 Å². The zero-order chi connectivity index (χ0) is 19.7. The molecule has 0 aliphatic carbocycles. The predicted molar refractivity (Wildman–Crippen MR) is 125 cm³/mol. The van der Waals surface area contributed by atoms with Crippen LogP contribution in [0.15, 0.2) is 46.8 Å². The Hall–Kier alpha value is -1.68. The lowest BCUT2D eigenvalue weighted by Crippen LogP contribution is -2.45. The molecule has 0 saturated carbocycles. The Morgan fingerprint density at radius 1 is 1.14 bits per heavy atom. The van der Waals surface area contributed by atoms with Gasteiger partial charge in [-0.25, -0.2) is 4.39 Å². The summed E-state index contributed by atoms with van der Waals surface area (Å²) in [6, 6.07) is 10.3. The number of rotatable bonds is 8. The number of hydrogen-bond acceptors (Lipinski definition) is 3. The maximum absolute atomic E-state index is 13.1. The minimum absolute atomic E-state index is 0. The summed E-state index contributed by atoms with van der Waals surface area (Å²) in [6.45, 7) is 6.13. The van der Waals surface area contributed by atoms with Gasteiger partial charge in [0, 0.05) is 37.0 Å². The lowest BCUT2D eigenvalue weighted by Gasteiger charge is -2.25. The Bertz CT molecular complexity index is 765. The molecule has 0 radical (unpaired) electrons. The topological polar surface area (TPSA) is 65.5 Å². The molecule has 3 N–H and O–H groups in total. The smallest absolute Gasteiger partial charge is 0.224 e. The monoisotopic (exact) mass is 518 g/mol. The number of nitrogens with one attached hydrogen (secondary N) is 3. The first kappa shape index (κ1) is 24.4. The van der Waals surface area contributed by atoms with Crippen LogP contribution >= 0.6 is 35.3 Å². The van der Waals surface area contributed by atoms with Gasteiger partial charge in [0.15, 0.2) is 5.96 Å². The first-order valence-electron chi connectivity index (χ1n) is 8.90. The van der Waals surface area contributed by atoms with Crippen molar-refractivity contribution in [3.8, 4) is 0 Å². The maximum atomic E-state index is 13.1. The highest BCUT2D eigenvalue weighted by atomic mass is 127. The summed E-state index contributed by atoms with van der Waals surface area (Å²) in [4.78, 5) is 17.4. The summed E-state index contributed by atoms with van der Waals surface area (Å²) in [7, 11) is 1.72. The molecule has 2 aromatic rings. The van der Waals surface area contributed by atoms with Crippen molar-refractivity contribution < 1.29 is 9.18 Å². The minimum atomic E-state index is -0.331. The van der Waals surface area contributed by atoms with Crippen molar-refractivity contribution in [2.45, 2.75) is 25.7 Å². The number of halogens is 2. The number of carbonyl (C=O) groups is 1. The lowest BCUT2D eigenvalue weighted by molar-refractivity contribution is -0.120. The zero-order valence-corrected chi connectivity index (χ0v) is 19.6. The summed E-state index contributed by atoms with van der Waals surface area (Å²) < 4.78 is 13.1. The minimum Gasteiger partial charge on any atom is -0.356 e. The Morgan fingerprint density at radius 2 is 1.89 bits per heavy atom. The number of guanidine groups is 1. The molecule has 0 spiro atoms. The van der Waals surface area contributed by atoms with Crippen LogP contribution in [0, 0.1) is 5.82 Å². The average molecular weight is 518 g/mol. The third-order valence-electron chi connectivity index (χ3n) is 4.10. The van der Waals surface area contributed by atoms with E-state index in [0.717, 1.165) is 6.54 Å². The van der Waals surface area contributed by atoms with Crippen molar-refractivity contribution in [1.82, 2.24) is 16.0 Å². The number of hydrogen-bond donors (Lipinski definition) is 3. The van der Waals surface area contributed by atoms with Gasteiger partial charge in [0.05, 0.1) is 6.42 Å². The molecule has 1 aromatic heterocycles. The van der Waals surface area contributed by atoms with Gasteiger partial charge in [-0.2, -0.15) is 0 Å². The fraction of sp³-hybridized carbons (Fsp3) is 0.400. The molecule has 1 heterocycles. The summed E-state index contributed by atoms with van der Waals surface area (Å²) in [5.74, 6) is 0.227. The summed E-state index contributed by atoms with van der Waals surface area (Å²) in [5.41, 5.74) is 0.666. The van der Waals surface area contributed by atoms with E-state index in [0.29, 0.717) is 24.6 Å². The highest BCUT2D eigenvalue weighted by Crippen LogP contribution is 2.26. The van der Waals surface area contributed by atoms with Gasteiger partial charge < -0.3 is 16.0 Å². The molecule has 28 heavy (non-hydrogen) atoms. The molecule has 1 aromatic carbocycles. The summed E-state index contributed by atoms with van der Waals surface area (Å²) in [6.07, 6.45) is 0.166. The van der Waals surface area contributed by atoms with E-state index >= 15 is 0 Å². The van der Waals surface area contributed by atoms with Crippen LogP contribution in [0.1, 0.15) is 24.3 Å². The van der Waals surface area contributed by atoms with E-state index in [4.69, 9.17) is 0 Å². The van der Waals surface area contributed by atoms with E-state index in [9.17, 15) is 9.18 Å². The van der Waals surface area contributed by atoms with Crippen molar-refractivity contribution in [1.29, 1.82) is 0 Å². The summed E-state index contributed by atoms with van der Waals surface area (Å²) in [5, 5.41) is 11.4. The Morgan fingerprint density at radius 3 is 2.54 bits per heavy atom. The molecule has 0 aliphatic rings. The molecular formula is C20H28FIN4OS. The molecule has 0 aliphatic heterocycles. The Kier molecular flexibility index (Phi) is 10.4. The number of nitrogens with zero attached hydrogens (tertiary/aromatic N) is 1. The van der Waals surface area contributed by atoms with Gasteiger partial charge in [0.25, 0.3) is 0 Å². The molecule has 0 bridgehead atoms. The third kappa shape index (κ3) is 8.14. The predicted octanol–water partition coefficient (Wildman–Crippen LogP) is 3.31. The molecule has 0 unspecified atom stereocenters. The van der Waals surface area contributed by atoms with E-state index < -0.39 is 0 Å². The Balaban J connectivity index is 0.00000392. The van der Waals surface area contributed by atoms with E-state index in [-0.39, 0.29) is 47.5 Å². The average Bonchev–Trinajstić information content (AvgIpc) is 3.17. The van der Waals surface area contributed by atoms with Crippen LogP contribution in [0.4, 0.5) is 4.39 Å². The van der Waals surface area contributed by atoms with Crippen LogP contribution in [0.5, 0.6) is 0 Å². The van der Waals surface area contributed by atoms with Crippen LogP contribution in [0.2, 0.25) is 0 Å². The second-order valence-electron chi connectivity index (χ2n) is 6.87. The number of benzene rings is 1. The van der Waals surface area contributed by atoms with Crippen molar-refractivity contribution in [2.24, 2.45) is 4.99 Å². The third-order valence-corrected chi connectivity index (χ3v) is 5.34. The zero-order valence-electron chi connectivity index (χ0n) is 16.4. The Labute approximate surface area is 187 Å². The quantitative estimate of drug-likeness (QED) is 0.218. The molecule has 0 atom stereocenters. The lowest BCUT2D eigenvalue weighted by atomic mass is 9.91. The summed E-state index contributed by atoms with van der Waals surface area (Å²) >= 11 is 1.74. The molecule has 0 saturated heterocycles. The first-order valence-corrected chi connectivity index (χ1v) is 9.78. The van der Waals surface area contributed by atoms with Crippen LogP contribution < -0.4 is 16.0 Å². The van der Waals surface area contributed by atoms with Crippen LogP contribution in [0.3, 0.4) is 0 Å². The van der Waals surface area contributed by atoms with Crippen molar-refractivity contribution >= 4 is 47.2 Å². The van der Waals surface area contributed by atoms with E-state index in [1.807, 2.05) is 0 Å². The molecule has 5 nitrogen and oxygen atoms in total. The fourth-order valence-corrected chi connectivity index (χ4v) is 3.41. The normalized spacial score (nSPS) is 11.5. The van der Waals surface area contributed by atoms with Gasteiger partial charge in [-0.3, -0.25) is 9.79 Å². The van der Waals surface area contributed by atoms with Crippen molar-refractivity contribution in [2.75, 3.05) is 26.7 Å². The van der Waals surface area contributed by atoms with E-state index in [1.165, 1.54) is 17.0 Å². The second kappa shape index (κ2) is 12.0. The molecule has 1 amide bonds. The van der Waals surface area contributed by atoms with E-state index in [1.54, 1.807) is 30.5 Å². The molecule has 8 heteroatoms. The number of amides is 1. The van der Waals surface area contributed by atoms with Gasteiger partial charge >= 0.3 is 0 Å². The second-order valence-corrected chi connectivity index (χ2v) is 7.82. The van der Waals surface area contributed by atoms with Gasteiger partial charge in [-0.05, 0) is 29.1 Å². The van der Waals surface area contributed by atoms with Gasteiger partial charge in [0.2, 0.25) is 5.91 Å². The van der Waals surface area contributed by atoms with Gasteiger partial charge in [-0.15, -0.1) is 35.3 Å². The van der Waals surface area contributed by atoms with Crippen molar-refractivity contribution in [3.63, 3.8) is 0 Å². The maximum Gasteiger partial charge on any atom is 0.224 e. The van der Waals surface area contributed by atoms with Crippen LogP contribution in [-0.2, 0) is 16.6 Å². The number of thiophene rings is 1. The van der Waals surface area contributed by atoms with Crippen molar-refractivity contribution in [3.05, 3.63) is 58.0 Å². The number of carbonyl (C=O) groups excluding carboxylic acids is 1.